The van der Waals surface area contributed by atoms with Crippen LogP contribution in [-0.2, 0) is 6.55 Å². The highest BCUT2D eigenvalue weighted by molar-refractivity contribution is 6.99. The van der Waals surface area contributed by atoms with Crippen LogP contribution in [0.1, 0.15) is 16.8 Å². The molecule has 0 fully saturated rings. The zero-order valence-corrected chi connectivity index (χ0v) is 11.2. The first-order valence-electron chi connectivity index (χ1n) is 4.80. The molecular formula is C11H17NSi2. The lowest BCUT2D eigenvalue weighted by Crippen LogP contribution is -2.23. The highest BCUT2D eigenvalue weighted by Gasteiger charge is 2.10. The van der Waals surface area contributed by atoms with Gasteiger partial charge >= 0.3 is 0 Å². The van der Waals surface area contributed by atoms with Crippen LogP contribution >= 0.6 is 0 Å². The third-order valence-corrected chi connectivity index (χ3v) is 10.3. The van der Waals surface area contributed by atoms with E-state index in [9.17, 15) is 0 Å². The van der Waals surface area contributed by atoms with E-state index in [0.29, 0.717) is 5.54 Å². The zero-order valence-electron chi connectivity index (χ0n) is 9.17. The van der Waals surface area contributed by atoms with Crippen molar-refractivity contribution >= 4 is 16.0 Å². The summed E-state index contributed by atoms with van der Waals surface area (Å²) in [5.41, 5.74) is 5.49. The lowest BCUT2D eigenvalue weighted by molar-refractivity contribution is 1.21. The molecule has 0 aliphatic carbocycles. The van der Waals surface area contributed by atoms with Gasteiger partial charge in [-0.25, -0.2) is 0 Å². The number of nitrogens with zero attached hydrogens (tertiary/aromatic N) is 1. The molecule has 1 aromatic rings. The summed E-state index contributed by atoms with van der Waals surface area (Å²) in [6, 6.07) is 0. The normalized spacial score (nSPS) is 10.3. The Morgan fingerprint density at radius 3 is 2.43 bits per heavy atom. The van der Waals surface area contributed by atoms with Crippen molar-refractivity contribution in [3.8, 4) is 0 Å². The predicted molar refractivity (Wildman–Crippen MR) is 66.0 cm³/mol. The summed E-state index contributed by atoms with van der Waals surface area (Å²) < 4.78 is 4.76. The van der Waals surface area contributed by atoms with Crippen molar-refractivity contribution in [2.45, 2.75) is 19.4 Å². The minimum Gasteiger partial charge on any atom is -0.307 e. The van der Waals surface area contributed by atoms with Gasteiger partial charge in [0, 0.05) is 11.2 Å². The molecule has 0 saturated carbocycles. The summed E-state index contributed by atoms with van der Waals surface area (Å²) in [5.74, 6) is 0. The molecule has 0 atom stereocenters. The molecule has 0 radical (unpaired) electrons. The van der Waals surface area contributed by atoms with Gasteiger partial charge in [-0.3, -0.25) is 0 Å². The molecule has 3 heteroatoms. The van der Waals surface area contributed by atoms with Gasteiger partial charge in [-0.2, -0.15) is 0 Å². The quantitative estimate of drug-likeness (QED) is 0.561. The Morgan fingerprint density at radius 2 is 1.93 bits per heavy atom. The Morgan fingerprint density at radius 1 is 1.36 bits per heavy atom. The number of rotatable bonds is 3. The van der Waals surface area contributed by atoms with E-state index in [0.717, 1.165) is 0 Å². The maximum absolute atomic E-state index is 4.76. The van der Waals surface area contributed by atoms with Crippen molar-refractivity contribution in [1.29, 1.82) is 0 Å². The average molecular weight is 219 g/mol. The van der Waals surface area contributed by atoms with E-state index >= 15 is 0 Å². The lowest BCUT2D eigenvalue weighted by atomic mass is 10.3. The molecule has 0 unspecified atom stereocenters. The Kier molecular flexibility index (Phi) is 3.83. The summed E-state index contributed by atoms with van der Waals surface area (Å²) in [4.78, 5) is 0. The van der Waals surface area contributed by atoms with Crippen LogP contribution in [0.2, 0.25) is 0 Å². The van der Waals surface area contributed by atoms with Crippen molar-refractivity contribution in [3.05, 3.63) is 42.2 Å². The van der Waals surface area contributed by atoms with E-state index < -0.39 is 16.0 Å². The van der Waals surface area contributed by atoms with Crippen molar-refractivity contribution < 1.29 is 0 Å². The third kappa shape index (κ3) is 2.22. The van der Waals surface area contributed by atoms with Crippen molar-refractivity contribution in [1.82, 2.24) is 4.64 Å². The van der Waals surface area contributed by atoms with Gasteiger partial charge < -0.3 is 4.64 Å². The van der Waals surface area contributed by atoms with Gasteiger partial charge in [0.1, 0.15) is 8.07 Å². The smallest absolute Gasteiger partial charge is 0.131 e. The summed E-state index contributed by atoms with van der Waals surface area (Å²) in [6.07, 6.45) is 4.05. The first kappa shape index (κ1) is 11.4. The van der Waals surface area contributed by atoms with Crippen LogP contribution in [0.15, 0.2) is 31.0 Å². The van der Waals surface area contributed by atoms with Crippen LogP contribution in [0, 0.1) is 13.8 Å². The molecular weight excluding hydrogens is 202 g/mol. The fraction of sp³-hybridized carbons (Fsp3) is 0.364. The summed E-state index contributed by atoms with van der Waals surface area (Å²) in [5, 5.41) is 0. The maximum atomic E-state index is 4.76. The molecule has 0 bridgehead atoms. The molecule has 0 amide bonds. The molecule has 1 nitrogen and oxygen atoms in total. The standard InChI is InChI=1S/C11H17NSi2/c1-6-11(7-2)14-8-9(3)10(4)12-13(14)5/h6-8,11H,1-2H2,3-5H3. The van der Waals surface area contributed by atoms with E-state index in [-0.39, 0.29) is 0 Å². The minimum absolute atomic E-state index is 0.477. The van der Waals surface area contributed by atoms with E-state index in [1.165, 1.54) is 11.3 Å². The van der Waals surface area contributed by atoms with Gasteiger partial charge in [0.05, 0.1) is 7.90 Å². The third-order valence-electron chi connectivity index (χ3n) is 2.56. The van der Waals surface area contributed by atoms with Gasteiger partial charge in [-0.1, -0.05) is 17.8 Å². The average Bonchev–Trinajstić information content (AvgIpc) is 2.15. The highest BCUT2D eigenvalue weighted by atomic mass is 29.0. The van der Waals surface area contributed by atoms with Crippen LogP contribution in [0.25, 0.3) is 0 Å². The number of hydrogen-bond acceptors (Lipinski definition) is 1. The van der Waals surface area contributed by atoms with Crippen molar-refractivity contribution in [2.75, 3.05) is 0 Å². The van der Waals surface area contributed by atoms with Crippen LogP contribution in [0.4, 0.5) is 0 Å². The fourth-order valence-electron chi connectivity index (χ4n) is 1.53. The number of allylic oxidation sites excluding steroid dienone is 2. The molecule has 1 rings (SSSR count). The molecule has 0 aliphatic heterocycles. The first-order chi connectivity index (χ1) is 6.60. The van der Waals surface area contributed by atoms with E-state index in [2.05, 4.69) is 39.2 Å². The monoisotopic (exact) mass is 219 g/mol. The van der Waals surface area contributed by atoms with Gasteiger partial charge in [0.25, 0.3) is 0 Å². The summed E-state index contributed by atoms with van der Waals surface area (Å²) in [7, 11) is -1.10. The molecule has 74 valence electrons. The number of hydrogen-bond donors (Lipinski definition) is 0. The van der Waals surface area contributed by atoms with Crippen LogP contribution in [0.3, 0.4) is 0 Å². The van der Waals surface area contributed by atoms with E-state index in [1.54, 1.807) is 0 Å². The molecule has 1 aromatic heterocycles. The first-order valence-corrected chi connectivity index (χ1v) is 9.40. The van der Waals surface area contributed by atoms with Gasteiger partial charge in [0.15, 0.2) is 0 Å². The SMILES string of the molecule is C=CC(C=C)[si]1cc(C)c(C)n[si]1C. The van der Waals surface area contributed by atoms with Crippen LogP contribution in [0.5, 0.6) is 0 Å². The molecule has 0 aliphatic rings. The lowest BCUT2D eigenvalue weighted by Gasteiger charge is -2.11. The zero-order chi connectivity index (χ0) is 10.7. The summed E-state index contributed by atoms with van der Waals surface area (Å²) >= 11 is 0. The summed E-state index contributed by atoms with van der Waals surface area (Å²) in [6.45, 7) is 14.3. The van der Waals surface area contributed by atoms with Crippen molar-refractivity contribution in [3.63, 3.8) is 0 Å². The largest absolute Gasteiger partial charge is 0.307 e. The molecule has 0 aromatic carbocycles. The number of aromatic nitrogens is 1. The Labute approximate surface area is 89.1 Å². The molecule has 0 N–H and O–H groups in total. The van der Waals surface area contributed by atoms with Crippen LogP contribution in [-0.4, -0.2) is 20.6 Å². The number of aryl methyl sites for hydroxylation is 3. The highest BCUT2D eigenvalue weighted by Crippen LogP contribution is 2.09. The molecule has 0 saturated heterocycles. The van der Waals surface area contributed by atoms with Crippen molar-refractivity contribution in [2.24, 2.45) is 6.55 Å². The fourth-order valence-corrected chi connectivity index (χ4v) is 8.73. The molecule has 1 heterocycles. The van der Waals surface area contributed by atoms with E-state index in [4.69, 9.17) is 4.64 Å². The van der Waals surface area contributed by atoms with Gasteiger partial charge in [-0.15, -0.1) is 13.2 Å². The Hall–Kier alpha value is -0.676. The molecule has 14 heavy (non-hydrogen) atoms. The topological polar surface area (TPSA) is 12.9 Å². The second kappa shape index (κ2) is 4.71. The Balaban J connectivity index is 3.27. The second-order valence-electron chi connectivity index (χ2n) is 3.56. The van der Waals surface area contributed by atoms with Crippen LogP contribution < -0.4 is 0 Å². The Bertz CT molecular complexity index is 364. The minimum atomic E-state index is -0.565. The second-order valence-corrected chi connectivity index (χ2v) is 10.7. The van der Waals surface area contributed by atoms with Gasteiger partial charge in [-0.05, 0) is 26.0 Å². The van der Waals surface area contributed by atoms with E-state index in [1.807, 2.05) is 12.2 Å². The maximum Gasteiger partial charge on any atom is 0.131 e. The predicted octanol–water partition coefficient (Wildman–Crippen LogP) is 2.20. The molecule has 0 spiro atoms. The van der Waals surface area contributed by atoms with Gasteiger partial charge in [0.2, 0.25) is 0 Å².